The molecule has 4 rings (SSSR count). The summed E-state index contributed by atoms with van der Waals surface area (Å²) in [5.74, 6) is -0.431. The van der Waals surface area contributed by atoms with Gasteiger partial charge in [0.1, 0.15) is 5.82 Å². The zero-order chi connectivity index (χ0) is 21.8. The van der Waals surface area contributed by atoms with Gasteiger partial charge in [-0.1, -0.05) is 38.1 Å². The molecule has 0 bridgehead atoms. The van der Waals surface area contributed by atoms with Gasteiger partial charge in [0.15, 0.2) is 0 Å². The van der Waals surface area contributed by atoms with Crippen molar-refractivity contribution < 1.29 is 9.18 Å². The second kappa shape index (κ2) is 8.95. The number of nitrogens with zero attached hydrogens (tertiary/aromatic N) is 4. The van der Waals surface area contributed by atoms with E-state index in [4.69, 9.17) is 0 Å². The molecule has 0 aliphatic heterocycles. The van der Waals surface area contributed by atoms with Gasteiger partial charge in [-0.05, 0) is 41.3 Å². The van der Waals surface area contributed by atoms with Gasteiger partial charge in [-0.3, -0.25) is 4.79 Å². The quantitative estimate of drug-likeness (QED) is 0.487. The first-order valence-corrected chi connectivity index (χ1v) is 10.2. The molecular weight excluding hydrogens is 393 g/mol. The molecule has 0 aliphatic carbocycles. The van der Waals surface area contributed by atoms with Crippen LogP contribution in [-0.4, -0.2) is 25.2 Å². The van der Waals surface area contributed by atoms with Gasteiger partial charge in [-0.25, -0.2) is 14.1 Å². The summed E-state index contributed by atoms with van der Waals surface area (Å²) in [6.07, 6.45) is 7.02. The third kappa shape index (κ3) is 4.71. The molecule has 0 aliphatic rings. The van der Waals surface area contributed by atoms with Crippen LogP contribution >= 0.6 is 0 Å². The molecule has 0 unspecified atom stereocenters. The van der Waals surface area contributed by atoms with Crippen LogP contribution < -0.4 is 5.32 Å². The van der Waals surface area contributed by atoms with Gasteiger partial charge >= 0.3 is 0 Å². The highest BCUT2D eigenvalue weighted by molar-refractivity contribution is 5.95. The van der Waals surface area contributed by atoms with E-state index in [0.29, 0.717) is 12.1 Å². The third-order valence-electron chi connectivity index (χ3n) is 5.04. The first kappa shape index (κ1) is 20.5. The Morgan fingerprint density at radius 1 is 1.13 bits per heavy atom. The molecule has 4 aromatic rings. The second-order valence-electron chi connectivity index (χ2n) is 7.72. The smallest absolute Gasteiger partial charge is 0.255 e. The van der Waals surface area contributed by atoms with Crippen molar-refractivity contribution >= 4 is 5.91 Å². The molecule has 1 N–H and O–H groups in total. The number of carbonyl (C=O) groups is 1. The van der Waals surface area contributed by atoms with Crippen molar-refractivity contribution in [3.63, 3.8) is 0 Å². The summed E-state index contributed by atoms with van der Waals surface area (Å²) >= 11 is 0. The van der Waals surface area contributed by atoms with Gasteiger partial charge < -0.3 is 9.88 Å². The Hall–Kier alpha value is -3.74. The lowest BCUT2D eigenvalue weighted by atomic mass is 10.0. The summed E-state index contributed by atoms with van der Waals surface area (Å²) in [7, 11) is 0. The van der Waals surface area contributed by atoms with Gasteiger partial charge in [0, 0.05) is 25.5 Å². The van der Waals surface area contributed by atoms with Crippen LogP contribution in [0.5, 0.6) is 0 Å². The number of carbonyl (C=O) groups excluding carboxylic acids is 1. The predicted molar refractivity (Wildman–Crippen MR) is 117 cm³/mol. The lowest BCUT2D eigenvalue weighted by Gasteiger charge is -2.13. The molecule has 158 valence electrons. The van der Waals surface area contributed by atoms with Gasteiger partial charge in [-0.15, -0.1) is 0 Å². The van der Waals surface area contributed by atoms with Crippen LogP contribution in [0.1, 0.15) is 46.9 Å². The summed E-state index contributed by atoms with van der Waals surface area (Å²) in [6, 6.07) is 14.2. The van der Waals surface area contributed by atoms with Gasteiger partial charge in [-0.2, -0.15) is 5.10 Å². The standard InChI is InChI=1S/C24H24FN5O/c1-17(2)23-22(14-28-30(23)21-8-6-20(25)7-9-21)24(31)27-13-18-4-3-5-19(12-18)15-29-11-10-26-16-29/h3-12,14,16-17H,13,15H2,1-2H3,(H,27,31). The highest BCUT2D eigenvalue weighted by Gasteiger charge is 2.20. The van der Waals surface area contributed by atoms with E-state index in [0.717, 1.165) is 29.1 Å². The minimum atomic E-state index is -0.310. The Labute approximate surface area is 180 Å². The molecule has 0 atom stereocenters. The van der Waals surface area contributed by atoms with Gasteiger partial charge in [0.25, 0.3) is 5.91 Å². The largest absolute Gasteiger partial charge is 0.348 e. The van der Waals surface area contributed by atoms with Crippen molar-refractivity contribution in [3.8, 4) is 5.69 Å². The van der Waals surface area contributed by atoms with Crippen molar-refractivity contribution in [2.24, 2.45) is 0 Å². The molecule has 1 amide bonds. The molecule has 2 aromatic heterocycles. The minimum Gasteiger partial charge on any atom is -0.348 e. The maximum atomic E-state index is 13.3. The number of imidazole rings is 1. The maximum absolute atomic E-state index is 13.3. The van der Waals surface area contributed by atoms with E-state index < -0.39 is 0 Å². The normalized spacial score (nSPS) is 11.1. The van der Waals surface area contributed by atoms with Crippen LogP contribution in [0.2, 0.25) is 0 Å². The van der Waals surface area contributed by atoms with Crippen LogP contribution in [0.3, 0.4) is 0 Å². The SMILES string of the molecule is CC(C)c1c(C(=O)NCc2cccc(Cn3ccnc3)c2)cnn1-c1ccc(F)cc1. The van der Waals surface area contributed by atoms with E-state index in [-0.39, 0.29) is 17.6 Å². The van der Waals surface area contributed by atoms with Gasteiger partial charge in [0.2, 0.25) is 0 Å². The van der Waals surface area contributed by atoms with Gasteiger partial charge in [0.05, 0.1) is 29.5 Å². The van der Waals surface area contributed by atoms with Crippen LogP contribution in [0.4, 0.5) is 4.39 Å². The fraction of sp³-hybridized carbons (Fsp3) is 0.208. The molecule has 6 nitrogen and oxygen atoms in total. The number of aromatic nitrogens is 4. The molecule has 2 heterocycles. The average Bonchev–Trinajstić information content (AvgIpc) is 3.43. The summed E-state index contributed by atoms with van der Waals surface area (Å²) in [5.41, 5.74) is 4.18. The van der Waals surface area contributed by atoms with Crippen LogP contribution in [0, 0.1) is 5.82 Å². The molecule has 0 fully saturated rings. The first-order valence-electron chi connectivity index (χ1n) is 10.2. The third-order valence-corrected chi connectivity index (χ3v) is 5.04. The summed E-state index contributed by atoms with van der Waals surface area (Å²) in [4.78, 5) is 17.0. The van der Waals surface area contributed by atoms with E-state index in [1.54, 1.807) is 35.5 Å². The van der Waals surface area contributed by atoms with Crippen molar-refractivity contribution in [1.29, 1.82) is 0 Å². The Kier molecular flexibility index (Phi) is 5.93. The van der Waals surface area contributed by atoms with Crippen molar-refractivity contribution in [3.05, 3.63) is 102 Å². The van der Waals surface area contributed by atoms with E-state index in [1.165, 1.54) is 12.1 Å². The summed E-state index contributed by atoms with van der Waals surface area (Å²) in [6.45, 7) is 5.15. The predicted octanol–water partition coefficient (Wildman–Crippen LogP) is 4.31. The molecular formula is C24H24FN5O. The Morgan fingerprint density at radius 3 is 2.61 bits per heavy atom. The number of amides is 1. The number of benzene rings is 2. The number of hydrogen-bond acceptors (Lipinski definition) is 3. The lowest BCUT2D eigenvalue weighted by Crippen LogP contribution is -2.24. The number of hydrogen-bond donors (Lipinski definition) is 1. The molecule has 31 heavy (non-hydrogen) atoms. The Bertz CT molecular complexity index is 1160. The second-order valence-corrected chi connectivity index (χ2v) is 7.72. The molecule has 0 spiro atoms. The number of halogens is 1. The maximum Gasteiger partial charge on any atom is 0.255 e. The van der Waals surface area contributed by atoms with Crippen molar-refractivity contribution in [2.45, 2.75) is 32.9 Å². The zero-order valence-corrected chi connectivity index (χ0v) is 17.5. The number of rotatable bonds is 7. The average molecular weight is 417 g/mol. The van der Waals surface area contributed by atoms with Crippen LogP contribution in [-0.2, 0) is 13.1 Å². The van der Waals surface area contributed by atoms with Crippen LogP contribution in [0.15, 0.2) is 73.4 Å². The van der Waals surface area contributed by atoms with E-state index >= 15 is 0 Å². The fourth-order valence-corrected chi connectivity index (χ4v) is 3.58. The fourth-order valence-electron chi connectivity index (χ4n) is 3.58. The molecule has 0 saturated heterocycles. The van der Waals surface area contributed by atoms with Crippen LogP contribution in [0.25, 0.3) is 5.69 Å². The summed E-state index contributed by atoms with van der Waals surface area (Å²) in [5, 5.41) is 7.39. The first-order chi connectivity index (χ1) is 15.0. The Balaban J connectivity index is 1.49. The topological polar surface area (TPSA) is 64.7 Å². The minimum absolute atomic E-state index is 0.0619. The van der Waals surface area contributed by atoms with E-state index in [1.807, 2.05) is 36.7 Å². The molecule has 0 saturated carbocycles. The highest BCUT2D eigenvalue weighted by atomic mass is 19.1. The lowest BCUT2D eigenvalue weighted by molar-refractivity contribution is 0.0949. The Morgan fingerprint density at radius 2 is 1.90 bits per heavy atom. The van der Waals surface area contributed by atoms with Crippen molar-refractivity contribution in [2.75, 3.05) is 0 Å². The van der Waals surface area contributed by atoms with E-state index in [9.17, 15) is 9.18 Å². The summed E-state index contributed by atoms with van der Waals surface area (Å²) < 4.78 is 17.0. The zero-order valence-electron chi connectivity index (χ0n) is 17.5. The highest BCUT2D eigenvalue weighted by Crippen LogP contribution is 2.23. The molecule has 2 aromatic carbocycles. The monoisotopic (exact) mass is 417 g/mol. The number of nitrogens with one attached hydrogen (secondary N) is 1. The van der Waals surface area contributed by atoms with Crippen molar-refractivity contribution in [1.82, 2.24) is 24.6 Å². The van der Waals surface area contributed by atoms with E-state index in [2.05, 4.69) is 27.5 Å². The molecule has 0 radical (unpaired) electrons. The molecule has 7 heteroatoms.